The van der Waals surface area contributed by atoms with Crippen LogP contribution in [0, 0.1) is 5.92 Å². The number of aryl methyl sites for hydroxylation is 1. The minimum absolute atomic E-state index is 0.796. The molecule has 1 heterocycles. The number of rotatable bonds is 22. The molecule has 0 amide bonds. The molecular weight excluding hydrogens is 440 g/mol. The summed E-state index contributed by atoms with van der Waals surface area (Å²) in [5.74, 6) is 2.58. The topological polar surface area (TPSA) is 35.0 Å². The van der Waals surface area contributed by atoms with Crippen LogP contribution < -0.4 is 4.74 Å². The van der Waals surface area contributed by atoms with Crippen LogP contribution in [-0.2, 0) is 6.42 Å². The molecule has 0 aliphatic heterocycles. The van der Waals surface area contributed by atoms with Crippen molar-refractivity contribution in [2.75, 3.05) is 6.61 Å². The third-order valence-electron chi connectivity index (χ3n) is 7.44. The maximum atomic E-state index is 5.92. The van der Waals surface area contributed by atoms with E-state index in [1.807, 2.05) is 24.5 Å². The second kappa shape index (κ2) is 20.2. The predicted octanol–water partition coefficient (Wildman–Crippen LogP) is 10.4. The van der Waals surface area contributed by atoms with Crippen molar-refractivity contribution in [3.63, 3.8) is 0 Å². The van der Waals surface area contributed by atoms with Gasteiger partial charge in [-0.05, 0) is 55.0 Å². The minimum atomic E-state index is 0.796. The summed E-state index contributed by atoms with van der Waals surface area (Å²) in [7, 11) is 0. The summed E-state index contributed by atoms with van der Waals surface area (Å²) in [6.07, 6.45) is 28.0. The van der Waals surface area contributed by atoms with Gasteiger partial charge in [-0.15, -0.1) is 0 Å². The normalized spacial score (nSPS) is 12.1. The van der Waals surface area contributed by atoms with E-state index in [-0.39, 0.29) is 0 Å². The Labute approximate surface area is 222 Å². The van der Waals surface area contributed by atoms with Crippen LogP contribution in [0.3, 0.4) is 0 Å². The molecule has 3 heteroatoms. The van der Waals surface area contributed by atoms with Gasteiger partial charge in [0.2, 0.25) is 0 Å². The quantitative estimate of drug-likeness (QED) is 0.153. The molecule has 0 spiro atoms. The lowest BCUT2D eigenvalue weighted by Crippen LogP contribution is -1.98. The molecule has 1 aromatic heterocycles. The zero-order valence-electron chi connectivity index (χ0n) is 23.8. The van der Waals surface area contributed by atoms with Crippen molar-refractivity contribution in [1.82, 2.24) is 9.97 Å². The third kappa shape index (κ3) is 14.0. The minimum Gasteiger partial charge on any atom is -0.494 e. The van der Waals surface area contributed by atoms with E-state index >= 15 is 0 Å². The Kier molecular flexibility index (Phi) is 17.0. The summed E-state index contributed by atoms with van der Waals surface area (Å²) in [5.41, 5.74) is 2.30. The van der Waals surface area contributed by atoms with Crippen LogP contribution in [0.15, 0.2) is 36.7 Å². The molecule has 1 aromatic carbocycles. The van der Waals surface area contributed by atoms with Crippen LogP contribution in [0.1, 0.15) is 135 Å². The number of nitrogens with zero attached hydrogens (tertiary/aromatic N) is 2. The van der Waals surface area contributed by atoms with Gasteiger partial charge in [-0.1, -0.05) is 117 Å². The fourth-order valence-electron chi connectivity index (χ4n) is 4.67. The van der Waals surface area contributed by atoms with Gasteiger partial charge < -0.3 is 4.74 Å². The van der Waals surface area contributed by atoms with Gasteiger partial charge in [0.1, 0.15) is 5.75 Å². The SMILES string of the molecule is CCCCCCCCCCCCCCc1cnc(-c2ccc(OCCCCC[C@@H](C)CC)cc2)nc1. The highest BCUT2D eigenvalue weighted by Crippen LogP contribution is 2.20. The predicted molar refractivity (Wildman–Crippen MR) is 156 cm³/mol. The van der Waals surface area contributed by atoms with Crippen molar-refractivity contribution in [1.29, 1.82) is 0 Å². The summed E-state index contributed by atoms with van der Waals surface area (Å²) in [5, 5.41) is 0. The Morgan fingerprint density at radius 1 is 0.667 bits per heavy atom. The second-order valence-electron chi connectivity index (χ2n) is 10.8. The molecule has 0 N–H and O–H groups in total. The van der Waals surface area contributed by atoms with Crippen LogP contribution in [0.2, 0.25) is 0 Å². The third-order valence-corrected chi connectivity index (χ3v) is 7.44. The average molecular weight is 495 g/mol. The fourth-order valence-corrected chi connectivity index (χ4v) is 4.67. The summed E-state index contributed by atoms with van der Waals surface area (Å²) in [6, 6.07) is 8.22. The molecular formula is C33H54N2O. The highest BCUT2D eigenvalue weighted by molar-refractivity contribution is 5.55. The van der Waals surface area contributed by atoms with E-state index in [2.05, 4.69) is 42.9 Å². The zero-order chi connectivity index (χ0) is 25.7. The molecule has 2 rings (SSSR count). The maximum Gasteiger partial charge on any atom is 0.159 e. The molecule has 202 valence electrons. The Hall–Kier alpha value is -1.90. The number of ether oxygens (including phenoxy) is 1. The highest BCUT2D eigenvalue weighted by atomic mass is 16.5. The van der Waals surface area contributed by atoms with Gasteiger partial charge in [-0.2, -0.15) is 0 Å². The lowest BCUT2D eigenvalue weighted by atomic mass is 10.0. The van der Waals surface area contributed by atoms with Crippen LogP contribution in [0.25, 0.3) is 11.4 Å². The van der Waals surface area contributed by atoms with Gasteiger partial charge in [-0.25, -0.2) is 9.97 Å². The lowest BCUT2D eigenvalue weighted by Gasteiger charge is -2.09. The summed E-state index contributed by atoms with van der Waals surface area (Å²) in [6.45, 7) is 7.70. The Bertz CT molecular complexity index is 756. The smallest absolute Gasteiger partial charge is 0.159 e. The molecule has 0 saturated heterocycles. The van der Waals surface area contributed by atoms with E-state index in [1.165, 1.54) is 108 Å². The molecule has 0 saturated carbocycles. The zero-order valence-corrected chi connectivity index (χ0v) is 23.8. The van der Waals surface area contributed by atoms with Crippen molar-refractivity contribution in [3.8, 4) is 17.1 Å². The Balaban J connectivity index is 1.54. The molecule has 0 aliphatic rings. The second-order valence-corrected chi connectivity index (χ2v) is 10.8. The van der Waals surface area contributed by atoms with E-state index in [1.54, 1.807) is 0 Å². The van der Waals surface area contributed by atoms with Gasteiger partial charge in [-0.3, -0.25) is 0 Å². The van der Waals surface area contributed by atoms with Gasteiger partial charge in [0.25, 0.3) is 0 Å². The lowest BCUT2D eigenvalue weighted by molar-refractivity contribution is 0.302. The van der Waals surface area contributed by atoms with Gasteiger partial charge in [0.15, 0.2) is 5.82 Å². The number of hydrogen-bond donors (Lipinski definition) is 0. The molecule has 0 unspecified atom stereocenters. The first-order valence-corrected chi connectivity index (χ1v) is 15.3. The van der Waals surface area contributed by atoms with E-state index in [0.29, 0.717) is 0 Å². The number of aromatic nitrogens is 2. The van der Waals surface area contributed by atoms with Crippen LogP contribution in [0.4, 0.5) is 0 Å². The molecule has 0 fully saturated rings. The van der Waals surface area contributed by atoms with E-state index in [9.17, 15) is 0 Å². The van der Waals surface area contributed by atoms with Crippen molar-refractivity contribution in [3.05, 3.63) is 42.2 Å². The van der Waals surface area contributed by atoms with E-state index in [4.69, 9.17) is 4.74 Å². The van der Waals surface area contributed by atoms with Crippen molar-refractivity contribution in [2.45, 2.75) is 136 Å². The van der Waals surface area contributed by atoms with Crippen LogP contribution >= 0.6 is 0 Å². The Morgan fingerprint density at radius 2 is 1.22 bits per heavy atom. The van der Waals surface area contributed by atoms with Crippen LogP contribution in [0.5, 0.6) is 5.75 Å². The first kappa shape index (κ1) is 30.3. The number of unbranched alkanes of at least 4 members (excludes halogenated alkanes) is 13. The van der Waals surface area contributed by atoms with Gasteiger partial charge in [0.05, 0.1) is 6.61 Å². The average Bonchev–Trinajstić information content (AvgIpc) is 2.92. The standard InChI is InChI=1S/C33H54N2O/c1-4-6-7-8-9-10-11-12-13-14-15-18-21-30-27-34-33(35-28-30)31-22-24-32(25-23-31)36-26-19-16-17-20-29(3)5-2/h22-25,27-29H,4-21,26H2,1-3H3/t29-/m0/s1. The largest absolute Gasteiger partial charge is 0.494 e. The molecule has 0 bridgehead atoms. The first-order chi connectivity index (χ1) is 17.7. The molecule has 36 heavy (non-hydrogen) atoms. The molecule has 2 aromatic rings. The summed E-state index contributed by atoms with van der Waals surface area (Å²) in [4.78, 5) is 9.24. The highest BCUT2D eigenvalue weighted by Gasteiger charge is 2.04. The van der Waals surface area contributed by atoms with E-state index < -0.39 is 0 Å². The monoisotopic (exact) mass is 494 g/mol. The maximum absolute atomic E-state index is 5.92. The molecule has 1 atom stereocenters. The van der Waals surface area contributed by atoms with E-state index in [0.717, 1.165) is 42.5 Å². The van der Waals surface area contributed by atoms with Crippen molar-refractivity contribution >= 4 is 0 Å². The summed E-state index contributed by atoms with van der Waals surface area (Å²) < 4.78 is 5.92. The Morgan fingerprint density at radius 3 is 1.81 bits per heavy atom. The molecule has 0 radical (unpaired) electrons. The van der Waals surface area contributed by atoms with Gasteiger partial charge >= 0.3 is 0 Å². The van der Waals surface area contributed by atoms with Crippen molar-refractivity contribution < 1.29 is 4.74 Å². The fraction of sp³-hybridized carbons (Fsp3) is 0.697. The molecule has 3 nitrogen and oxygen atoms in total. The number of hydrogen-bond acceptors (Lipinski definition) is 3. The van der Waals surface area contributed by atoms with Gasteiger partial charge in [0, 0.05) is 18.0 Å². The molecule has 0 aliphatic carbocycles. The summed E-state index contributed by atoms with van der Waals surface area (Å²) >= 11 is 0. The van der Waals surface area contributed by atoms with Crippen molar-refractivity contribution in [2.24, 2.45) is 5.92 Å². The van der Waals surface area contributed by atoms with Crippen LogP contribution in [-0.4, -0.2) is 16.6 Å². The number of benzene rings is 1. The first-order valence-electron chi connectivity index (χ1n) is 15.3.